The van der Waals surface area contributed by atoms with Crippen molar-refractivity contribution in [3.05, 3.63) is 152 Å². The minimum absolute atomic E-state index is 0.0788. The molecule has 16 heteroatoms. The Labute approximate surface area is 359 Å². The van der Waals surface area contributed by atoms with Gasteiger partial charge in [0.1, 0.15) is 5.75 Å². The summed E-state index contributed by atoms with van der Waals surface area (Å²) in [7, 11) is 0. The lowest BCUT2D eigenvalue weighted by Crippen LogP contribution is -2.53. The molecule has 4 amide bonds. The molecule has 1 aromatic heterocycles. The molecular weight excluding hydrogens is 886 g/mol. The maximum atomic E-state index is 15.4. The number of nitrogens with one attached hydrogen (secondary N) is 2. The van der Waals surface area contributed by atoms with E-state index in [-0.39, 0.29) is 30.0 Å². The number of hydrogen-bond donors (Lipinski definition) is 3. The summed E-state index contributed by atoms with van der Waals surface area (Å²) in [5, 5.41) is 15.5. The van der Waals surface area contributed by atoms with Gasteiger partial charge < -0.3 is 10.4 Å². The van der Waals surface area contributed by atoms with E-state index in [9.17, 15) is 32.7 Å². The number of pyridine rings is 1. The van der Waals surface area contributed by atoms with Crippen molar-refractivity contribution in [2.45, 2.75) is 30.4 Å². The van der Waals surface area contributed by atoms with Crippen LogP contribution in [0.5, 0.6) is 5.75 Å². The first-order valence-electron chi connectivity index (χ1n) is 18.8. The Kier molecular flexibility index (Phi) is 9.79. The van der Waals surface area contributed by atoms with Gasteiger partial charge in [-0.05, 0) is 97.1 Å². The molecule has 60 heavy (non-hydrogen) atoms. The van der Waals surface area contributed by atoms with Gasteiger partial charge in [-0.3, -0.25) is 29.5 Å². The number of phenolic OH excluding ortho intramolecular Hbond substituents is 1. The molecule has 10 nitrogen and oxygen atoms in total. The van der Waals surface area contributed by atoms with Crippen LogP contribution in [0.3, 0.4) is 0 Å². The molecule has 5 aromatic rings. The number of allylic oxidation sites excluding steroid dienone is 2. The highest BCUT2D eigenvalue weighted by molar-refractivity contribution is 9.10. The van der Waals surface area contributed by atoms with Gasteiger partial charge >= 0.3 is 6.18 Å². The first-order valence-corrected chi connectivity index (χ1v) is 20.4. The number of aromatic nitrogens is 1. The van der Waals surface area contributed by atoms with E-state index >= 15 is 4.79 Å². The third-order valence-electron chi connectivity index (χ3n) is 12.0. The minimum atomic E-state index is -4.76. The van der Waals surface area contributed by atoms with Crippen LogP contribution < -0.4 is 15.6 Å². The van der Waals surface area contributed by atoms with Crippen LogP contribution in [0.2, 0.25) is 10.0 Å². The van der Waals surface area contributed by atoms with E-state index in [0.717, 1.165) is 11.4 Å². The molecule has 1 saturated carbocycles. The van der Waals surface area contributed by atoms with Gasteiger partial charge in [-0.15, -0.1) is 0 Å². The van der Waals surface area contributed by atoms with E-state index in [1.165, 1.54) is 11.0 Å². The molecule has 6 unspecified atom stereocenters. The van der Waals surface area contributed by atoms with E-state index in [1.807, 2.05) is 36.4 Å². The molecule has 304 valence electrons. The zero-order chi connectivity index (χ0) is 42.2. The summed E-state index contributed by atoms with van der Waals surface area (Å²) in [6.07, 6.45) is -2.34. The number of para-hydroxylation sites is 1. The lowest BCUT2D eigenvalue weighted by molar-refractivity contribution is -0.139. The van der Waals surface area contributed by atoms with Crippen LogP contribution in [0.4, 0.5) is 36.1 Å². The zero-order valence-corrected chi connectivity index (χ0v) is 34.1. The second kappa shape index (κ2) is 14.8. The van der Waals surface area contributed by atoms with Crippen molar-refractivity contribution in [3.63, 3.8) is 0 Å². The summed E-state index contributed by atoms with van der Waals surface area (Å²) >= 11 is 16.1. The molecule has 2 aliphatic carbocycles. The fourth-order valence-electron chi connectivity index (χ4n) is 9.52. The van der Waals surface area contributed by atoms with E-state index in [1.54, 1.807) is 60.7 Å². The third kappa shape index (κ3) is 6.34. The highest BCUT2D eigenvalue weighted by atomic mass is 79.9. The van der Waals surface area contributed by atoms with Crippen molar-refractivity contribution in [2.75, 3.05) is 15.6 Å². The molecule has 3 N–H and O–H groups in total. The molecule has 0 spiro atoms. The first-order chi connectivity index (χ1) is 28.7. The first kappa shape index (κ1) is 39.7. The second-order valence-corrected chi connectivity index (χ2v) is 16.9. The van der Waals surface area contributed by atoms with Crippen LogP contribution in [0, 0.1) is 23.7 Å². The van der Waals surface area contributed by atoms with Crippen molar-refractivity contribution in [1.82, 2.24) is 9.99 Å². The lowest BCUT2D eigenvalue weighted by Gasteiger charge is -2.50. The van der Waals surface area contributed by atoms with Crippen LogP contribution in [0.15, 0.2) is 125 Å². The van der Waals surface area contributed by atoms with E-state index < -0.39 is 75.4 Å². The van der Waals surface area contributed by atoms with Crippen molar-refractivity contribution in [1.29, 1.82) is 0 Å². The zero-order valence-electron chi connectivity index (χ0n) is 31.0. The van der Waals surface area contributed by atoms with Crippen molar-refractivity contribution < 1.29 is 37.5 Å². The lowest BCUT2D eigenvalue weighted by atomic mass is 9.49. The van der Waals surface area contributed by atoms with Crippen LogP contribution in [0.1, 0.15) is 35.4 Å². The summed E-state index contributed by atoms with van der Waals surface area (Å²) in [6, 6.07) is 28.1. The average molecular weight is 918 g/mol. The van der Waals surface area contributed by atoms with Gasteiger partial charge in [0.2, 0.25) is 11.8 Å². The number of imide groups is 2. The minimum Gasteiger partial charge on any atom is -0.508 e. The smallest absolute Gasteiger partial charge is 0.417 e. The number of alkyl halides is 3. The van der Waals surface area contributed by atoms with Gasteiger partial charge in [-0.1, -0.05) is 81.1 Å². The average Bonchev–Trinajstić information content (AvgIpc) is 3.60. The molecular formula is C44H31BrCl2F3N5O5. The number of aromatic hydroxyl groups is 1. The number of nitrogens with zero attached hydrogens (tertiary/aromatic N) is 3. The number of carbonyl (C=O) groups is 4. The largest absolute Gasteiger partial charge is 0.508 e. The number of amides is 4. The fraction of sp³-hybridized carbons (Fsp3) is 0.205. The predicted octanol–water partition coefficient (Wildman–Crippen LogP) is 9.81. The third-order valence-corrected chi connectivity index (χ3v) is 13.1. The Hall–Kier alpha value is -5.70. The van der Waals surface area contributed by atoms with E-state index in [4.69, 9.17) is 23.2 Å². The van der Waals surface area contributed by atoms with Gasteiger partial charge in [0, 0.05) is 38.5 Å². The quantitative estimate of drug-likeness (QED) is 0.109. The molecule has 2 saturated heterocycles. The number of benzene rings is 4. The van der Waals surface area contributed by atoms with Gasteiger partial charge in [0.05, 0.1) is 39.4 Å². The highest BCUT2D eigenvalue weighted by Crippen LogP contribution is 2.65. The summed E-state index contributed by atoms with van der Waals surface area (Å²) in [4.78, 5) is 64.3. The van der Waals surface area contributed by atoms with Crippen LogP contribution >= 0.6 is 39.1 Å². The van der Waals surface area contributed by atoms with Crippen LogP contribution in [0.25, 0.3) is 0 Å². The number of hydrogen-bond acceptors (Lipinski definition) is 8. The maximum Gasteiger partial charge on any atom is 0.417 e. The van der Waals surface area contributed by atoms with Crippen molar-refractivity contribution in [3.8, 4) is 5.75 Å². The number of rotatable bonds is 7. The highest BCUT2D eigenvalue weighted by Gasteiger charge is 2.70. The predicted molar refractivity (Wildman–Crippen MR) is 221 cm³/mol. The monoisotopic (exact) mass is 915 g/mol. The number of anilines is 4. The SMILES string of the molecule is O=C1C2CC3C(=CCC4C(=O)N(c5ccc(Nc6ccccc6)cc5)C(=O)C43)C(c3cc(Br)ccc3O)C2(c2ccc(Cl)cc2)C(=O)N1Nc1ncc(C(F)(F)F)cc1Cl. The van der Waals surface area contributed by atoms with Crippen molar-refractivity contribution >= 4 is 85.6 Å². The van der Waals surface area contributed by atoms with E-state index in [2.05, 4.69) is 31.7 Å². The number of phenols is 1. The van der Waals surface area contributed by atoms with Gasteiger partial charge in [-0.25, -0.2) is 4.98 Å². The van der Waals surface area contributed by atoms with Crippen LogP contribution in [-0.2, 0) is 30.8 Å². The molecule has 3 heterocycles. The maximum absolute atomic E-state index is 15.4. The Bertz CT molecular complexity index is 2630. The molecule has 9 rings (SSSR count). The number of carbonyl (C=O) groups excluding carboxylic acids is 4. The van der Waals surface area contributed by atoms with E-state index in [0.29, 0.717) is 43.6 Å². The molecule has 0 bridgehead atoms. The number of halogens is 6. The standard InChI is InChI=1S/C44H31BrCl2F3N5O5/c45-24-8-17-35(56)32(19-24)37-29-15-16-30-36(41(59)54(39(30)57)28-13-11-27(12-14-28)52-26-4-2-1-3-5-26)31(29)20-33-40(58)55(42(60)43(33,37)22-6-9-25(46)10-7-22)53-38-34(47)18-23(21-51-38)44(48,49)50/h1-15,17-19,21,30-31,33,36-37,52,56H,16,20H2,(H,51,53). The molecule has 3 fully saturated rings. The molecule has 4 aliphatic rings. The number of fused-ring (bicyclic) bond motifs is 4. The van der Waals surface area contributed by atoms with Gasteiger partial charge in [-0.2, -0.15) is 18.2 Å². The molecule has 4 aromatic carbocycles. The summed E-state index contributed by atoms with van der Waals surface area (Å²) in [6.45, 7) is 0. The Morgan fingerprint density at radius 3 is 2.22 bits per heavy atom. The van der Waals surface area contributed by atoms with Gasteiger partial charge in [0.25, 0.3) is 11.8 Å². The Balaban J connectivity index is 1.16. The summed E-state index contributed by atoms with van der Waals surface area (Å²) < 4.78 is 41.2. The fourth-order valence-corrected chi connectivity index (χ4v) is 10.2. The Morgan fingerprint density at radius 2 is 1.53 bits per heavy atom. The second-order valence-electron chi connectivity index (χ2n) is 15.2. The van der Waals surface area contributed by atoms with Crippen molar-refractivity contribution in [2.24, 2.45) is 23.7 Å². The summed E-state index contributed by atoms with van der Waals surface area (Å²) in [5.74, 6) is -7.84. The molecule has 0 radical (unpaired) electrons. The van der Waals surface area contributed by atoms with Crippen LogP contribution in [-0.4, -0.2) is 38.7 Å². The normalized spacial score (nSPS) is 24.8. The topological polar surface area (TPSA) is 132 Å². The van der Waals surface area contributed by atoms with Gasteiger partial charge in [0.15, 0.2) is 5.82 Å². The molecule has 6 atom stereocenters. The summed E-state index contributed by atoms with van der Waals surface area (Å²) in [5.41, 5.74) is 2.83. The Morgan fingerprint density at radius 1 is 0.833 bits per heavy atom. The number of hydrazine groups is 1. The molecule has 2 aliphatic heterocycles.